The molecule has 2 saturated heterocycles. The van der Waals surface area contributed by atoms with E-state index in [0.29, 0.717) is 49.5 Å². The summed E-state index contributed by atoms with van der Waals surface area (Å²) in [5, 5.41) is 22.6. The number of benzene rings is 3. The Morgan fingerprint density at radius 1 is 1.07 bits per heavy atom. The molecule has 0 saturated carbocycles. The Morgan fingerprint density at radius 2 is 1.82 bits per heavy atom. The molecule has 0 bridgehead atoms. The van der Waals surface area contributed by atoms with Gasteiger partial charge in [0.15, 0.2) is 5.60 Å². The first kappa shape index (κ1) is 41.5. The molecule has 57 heavy (non-hydrogen) atoms. The van der Waals surface area contributed by atoms with E-state index in [1.165, 1.54) is 0 Å². The van der Waals surface area contributed by atoms with Crippen molar-refractivity contribution in [1.29, 1.82) is 0 Å². The van der Waals surface area contributed by atoms with E-state index in [2.05, 4.69) is 21.2 Å². The summed E-state index contributed by atoms with van der Waals surface area (Å²) in [6, 6.07) is 18.3. The van der Waals surface area contributed by atoms with Crippen LogP contribution in [-0.4, -0.2) is 92.3 Å². The highest BCUT2D eigenvalue weighted by atomic mass is 79.9. The normalized spacial score (nSPS) is 25.8. The molecule has 6 atom stereocenters. The Bertz CT molecular complexity index is 1980. The number of unbranched alkanes of at least 4 members (excludes halogenated alkanes) is 1. The number of anilines is 3. The summed E-state index contributed by atoms with van der Waals surface area (Å²) in [7, 11) is -3.50. The van der Waals surface area contributed by atoms with Gasteiger partial charge in [-0.15, -0.1) is 0 Å². The van der Waals surface area contributed by atoms with Gasteiger partial charge in [-0.05, 0) is 118 Å². The zero-order valence-corrected chi connectivity index (χ0v) is 35.8. The van der Waals surface area contributed by atoms with Gasteiger partial charge in [0.2, 0.25) is 20.2 Å². The minimum absolute atomic E-state index is 0.0595. The summed E-state index contributed by atoms with van der Waals surface area (Å²) in [6.45, 7) is 8.92. The van der Waals surface area contributed by atoms with Crippen molar-refractivity contribution in [2.45, 2.75) is 101 Å². The van der Waals surface area contributed by atoms with Crippen LogP contribution in [0.4, 0.5) is 21.2 Å². The molecule has 0 aliphatic carbocycles. The number of rotatable bonds is 14. The van der Waals surface area contributed by atoms with Crippen molar-refractivity contribution in [2.75, 3.05) is 42.7 Å². The highest BCUT2D eigenvalue weighted by Crippen LogP contribution is 2.60. The maximum absolute atomic E-state index is 16.4. The van der Waals surface area contributed by atoms with Crippen LogP contribution in [-0.2, 0) is 37.7 Å². The lowest BCUT2D eigenvalue weighted by Crippen LogP contribution is -2.49. The Hall–Kier alpha value is -3.66. The van der Waals surface area contributed by atoms with Crippen molar-refractivity contribution in [2.24, 2.45) is 5.92 Å². The van der Waals surface area contributed by atoms with Gasteiger partial charge in [-0.1, -0.05) is 35.0 Å². The van der Waals surface area contributed by atoms with E-state index in [4.69, 9.17) is 9.47 Å². The fourth-order valence-electron chi connectivity index (χ4n) is 9.67. The highest BCUT2D eigenvalue weighted by molar-refractivity contribution is 9.10. The fourth-order valence-corrected chi connectivity index (χ4v) is 12.5. The summed E-state index contributed by atoms with van der Waals surface area (Å²) in [5.41, 5.74) is 2.48. The van der Waals surface area contributed by atoms with Crippen LogP contribution in [0.5, 0.6) is 5.75 Å². The lowest BCUT2D eigenvalue weighted by molar-refractivity contribution is -0.150. The number of nitrogens with one attached hydrogen (secondary N) is 1. The lowest BCUT2D eigenvalue weighted by Gasteiger charge is -2.35. The van der Waals surface area contributed by atoms with E-state index in [0.717, 1.165) is 46.3 Å². The molecule has 4 heterocycles. The molecule has 0 radical (unpaired) electrons. The van der Waals surface area contributed by atoms with Crippen LogP contribution in [0.25, 0.3) is 0 Å². The van der Waals surface area contributed by atoms with Crippen LogP contribution in [0.1, 0.15) is 62.6 Å². The van der Waals surface area contributed by atoms with Crippen molar-refractivity contribution in [3.05, 3.63) is 81.8 Å². The molecule has 4 aliphatic rings. The minimum Gasteiger partial charge on any atom is -0.494 e. The third kappa shape index (κ3) is 7.81. The molecule has 11 nitrogen and oxygen atoms in total. The topological polar surface area (TPSA) is 132 Å². The minimum atomic E-state index is -3.50. The van der Waals surface area contributed by atoms with Crippen LogP contribution in [0.3, 0.4) is 0 Å². The average molecular weight is 866 g/mol. The van der Waals surface area contributed by atoms with Crippen molar-refractivity contribution in [3.8, 4) is 5.75 Å². The lowest BCUT2D eigenvalue weighted by atomic mass is 9.82. The van der Waals surface area contributed by atoms with Crippen LogP contribution in [0.15, 0.2) is 65.1 Å². The molecule has 14 heteroatoms. The van der Waals surface area contributed by atoms with E-state index >= 15 is 4.11 Å². The number of likely N-dealkylation sites (tertiary alicyclic amines) is 1. The van der Waals surface area contributed by atoms with E-state index in [9.17, 15) is 24.6 Å². The zero-order valence-electron chi connectivity index (χ0n) is 33.2. The van der Waals surface area contributed by atoms with Gasteiger partial charge in [0.25, 0.3) is 5.91 Å². The van der Waals surface area contributed by atoms with Gasteiger partial charge in [-0.3, -0.25) is 19.3 Å². The first-order valence-electron chi connectivity index (χ1n) is 20.2. The Labute approximate surface area is 343 Å². The molecule has 2 fully saturated rings. The molecule has 3 aromatic rings. The standard InChI is InChI=1S/C43H54BrFN4O7Si/c1-5-55-33-15-17-36-29(21-33)22-35(46-18-6-7-20-50)41(53)49(36)31-13-10-28(11-14-31)25-48-37-16-12-30(44)23-34(37)43(42(48)54)27(2)40(57(3,4)45)38(56-43)24-39(52)47-19-8-9-32(47)26-51/h10-17,21,23,27,32,35,38,40,46,50-51H,5-9,18-20,22,24-26H2,1-4H3/t27-,32+,35?,38+,40-,43+/m1/s1. The SMILES string of the molecule is CCOc1ccc2c(c1)CC(NCCCCO)C(=O)N2c1ccc(CN2C(=O)[C@@]3(O[C@@H](CC(=O)N4CCC[C@H]4CO)[C@H]([Si](C)(C)F)[C@H]3C)c3cc(Br)ccc32)cc1. The molecule has 3 N–H and O–H groups in total. The van der Waals surface area contributed by atoms with Gasteiger partial charge in [0.1, 0.15) is 5.75 Å². The molecule has 1 unspecified atom stereocenters. The predicted octanol–water partition coefficient (Wildman–Crippen LogP) is 6.49. The number of ether oxygens (including phenoxy) is 2. The third-order valence-electron chi connectivity index (χ3n) is 12.3. The molecule has 4 aliphatic heterocycles. The zero-order chi connectivity index (χ0) is 40.6. The number of carbonyl (C=O) groups is 3. The van der Waals surface area contributed by atoms with Gasteiger partial charge < -0.3 is 38.9 Å². The van der Waals surface area contributed by atoms with Crippen LogP contribution in [0.2, 0.25) is 18.6 Å². The molecule has 3 amide bonds. The second-order valence-electron chi connectivity index (χ2n) is 16.3. The molecular weight excluding hydrogens is 811 g/mol. The number of hydrogen-bond acceptors (Lipinski definition) is 8. The monoisotopic (exact) mass is 864 g/mol. The number of aliphatic hydroxyl groups excluding tert-OH is 2. The average Bonchev–Trinajstić information content (AvgIpc) is 3.84. The third-order valence-corrected chi connectivity index (χ3v) is 15.2. The van der Waals surface area contributed by atoms with E-state index in [-0.39, 0.29) is 49.9 Å². The van der Waals surface area contributed by atoms with E-state index < -0.39 is 37.6 Å². The first-order chi connectivity index (χ1) is 27.3. The summed E-state index contributed by atoms with van der Waals surface area (Å²) >= 11 is 3.60. The number of fused-ring (bicyclic) bond motifs is 3. The second kappa shape index (κ2) is 16.9. The maximum Gasteiger partial charge on any atom is 0.264 e. The highest BCUT2D eigenvalue weighted by Gasteiger charge is 2.67. The van der Waals surface area contributed by atoms with E-state index in [1.807, 2.05) is 74.5 Å². The summed E-state index contributed by atoms with van der Waals surface area (Å²) < 4.78 is 29.8. The number of carbonyl (C=O) groups excluding carboxylic acids is 3. The quantitative estimate of drug-likeness (QED) is 0.0953. The molecule has 7 rings (SSSR count). The smallest absolute Gasteiger partial charge is 0.264 e. The Balaban J connectivity index is 1.17. The van der Waals surface area contributed by atoms with Crippen molar-refractivity contribution in [1.82, 2.24) is 10.2 Å². The maximum atomic E-state index is 16.4. The Morgan fingerprint density at radius 3 is 2.53 bits per heavy atom. The van der Waals surface area contributed by atoms with Crippen molar-refractivity contribution >= 4 is 59.1 Å². The largest absolute Gasteiger partial charge is 0.494 e. The second-order valence-corrected chi connectivity index (χ2v) is 21.0. The predicted molar refractivity (Wildman–Crippen MR) is 223 cm³/mol. The van der Waals surface area contributed by atoms with Gasteiger partial charge in [0.05, 0.1) is 55.7 Å². The van der Waals surface area contributed by atoms with Gasteiger partial charge in [0, 0.05) is 40.3 Å². The molecule has 0 aromatic heterocycles. The number of amides is 3. The first-order valence-corrected chi connectivity index (χ1v) is 24.0. The van der Waals surface area contributed by atoms with Crippen molar-refractivity contribution in [3.63, 3.8) is 0 Å². The van der Waals surface area contributed by atoms with Crippen LogP contribution < -0.4 is 19.9 Å². The van der Waals surface area contributed by atoms with Crippen molar-refractivity contribution < 1.29 is 38.2 Å². The van der Waals surface area contributed by atoms with Gasteiger partial charge in [-0.2, -0.15) is 0 Å². The summed E-state index contributed by atoms with van der Waals surface area (Å²) in [5.74, 6) is -0.370. The summed E-state index contributed by atoms with van der Waals surface area (Å²) in [4.78, 5) is 47.8. The summed E-state index contributed by atoms with van der Waals surface area (Å²) in [6.07, 6.45) is 2.56. The number of nitrogens with zero attached hydrogens (tertiary/aromatic N) is 3. The molecule has 3 aromatic carbocycles. The molecule has 1 spiro atoms. The molecule has 306 valence electrons. The number of aliphatic hydroxyl groups is 2. The molecular formula is C43H54BrFN4O7Si. The Kier molecular flexibility index (Phi) is 12.3. The van der Waals surface area contributed by atoms with E-state index in [1.54, 1.807) is 27.8 Å². The number of hydrogen-bond donors (Lipinski definition) is 3. The van der Waals surface area contributed by atoms with Gasteiger partial charge >= 0.3 is 0 Å². The fraction of sp³-hybridized carbons (Fsp3) is 0.512. The van der Waals surface area contributed by atoms with Crippen LogP contribution in [0, 0.1) is 5.92 Å². The van der Waals surface area contributed by atoms with Crippen LogP contribution >= 0.6 is 15.9 Å². The number of halogens is 2. The van der Waals surface area contributed by atoms with Gasteiger partial charge in [-0.25, -0.2) is 0 Å².